The Morgan fingerprint density at radius 3 is 3.11 bits per heavy atom. The number of ether oxygens (including phenoxy) is 1. The number of rotatable bonds is 5. The van der Waals surface area contributed by atoms with Gasteiger partial charge in [-0.1, -0.05) is 6.92 Å². The molecule has 7 nitrogen and oxygen atoms in total. The molecule has 0 spiro atoms. The summed E-state index contributed by atoms with van der Waals surface area (Å²) >= 11 is 1.84. The Hall–Kier alpha value is -1.77. The molecule has 1 aliphatic heterocycles. The predicted molar refractivity (Wildman–Crippen MR) is 108 cm³/mol. The lowest BCUT2D eigenvalue weighted by molar-refractivity contribution is 0.0378. The van der Waals surface area contributed by atoms with Crippen molar-refractivity contribution >= 4 is 33.1 Å². The Balaban J connectivity index is 1.37. The van der Waals surface area contributed by atoms with Crippen LogP contribution in [0.5, 0.6) is 0 Å². The Kier molecular flexibility index (Phi) is 4.71. The number of hydrogen-bond donors (Lipinski definition) is 1. The van der Waals surface area contributed by atoms with Crippen molar-refractivity contribution in [2.45, 2.75) is 32.6 Å². The molecule has 144 valence electrons. The third-order valence-corrected chi connectivity index (χ3v) is 6.89. The number of thiophene rings is 1. The van der Waals surface area contributed by atoms with Crippen LogP contribution in [0.2, 0.25) is 0 Å². The molecule has 27 heavy (non-hydrogen) atoms. The number of hydrogen-bond acceptors (Lipinski definition) is 7. The van der Waals surface area contributed by atoms with E-state index in [9.17, 15) is 0 Å². The zero-order chi connectivity index (χ0) is 18.2. The lowest BCUT2D eigenvalue weighted by Gasteiger charge is -2.26. The van der Waals surface area contributed by atoms with Crippen molar-refractivity contribution in [1.82, 2.24) is 24.5 Å². The Bertz CT molecular complexity index is 945. The highest BCUT2D eigenvalue weighted by atomic mass is 32.1. The largest absolute Gasteiger partial charge is 0.379 e. The van der Waals surface area contributed by atoms with Crippen molar-refractivity contribution in [2.75, 3.05) is 44.7 Å². The van der Waals surface area contributed by atoms with Crippen molar-refractivity contribution in [3.05, 3.63) is 16.8 Å². The van der Waals surface area contributed by atoms with Crippen LogP contribution in [0.1, 0.15) is 30.2 Å². The van der Waals surface area contributed by atoms with Gasteiger partial charge in [0.2, 0.25) is 5.95 Å². The molecular formula is C19H26N6OS. The topological polar surface area (TPSA) is 67.6 Å². The molecule has 1 N–H and O–H groups in total. The maximum atomic E-state index is 5.41. The number of aromatic nitrogens is 4. The lowest BCUT2D eigenvalue weighted by Crippen LogP contribution is -2.37. The van der Waals surface area contributed by atoms with Crippen molar-refractivity contribution in [2.24, 2.45) is 5.92 Å². The van der Waals surface area contributed by atoms with Crippen molar-refractivity contribution < 1.29 is 4.74 Å². The van der Waals surface area contributed by atoms with E-state index in [-0.39, 0.29) is 0 Å². The number of aryl methyl sites for hydroxylation is 1. The predicted octanol–water partition coefficient (Wildman–Crippen LogP) is 2.60. The molecule has 8 heteroatoms. The molecule has 0 radical (unpaired) electrons. The van der Waals surface area contributed by atoms with Crippen LogP contribution in [-0.4, -0.2) is 63.9 Å². The molecule has 0 unspecified atom stereocenters. The molecule has 4 heterocycles. The number of morpholine rings is 1. The first-order valence-corrected chi connectivity index (χ1v) is 10.8. The molecule has 0 bridgehead atoms. The van der Waals surface area contributed by atoms with Gasteiger partial charge in [-0.3, -0.25) is 4.90 Å². The van der Waals surface area contributed by atoms with Gasteiger partial charge in [-0.05, 0) is 43.7 Å². The summed E-state index contributed by atoms with van der Waals surface area (Å²) in [5.41, 5.74) is 2.40. The average molecular weight is 387 g/mol. The second-order valence-electron chi connectivity index (χ2n) is 7.70. The fraction of sp³-hybridized carbons (Fsp3) is 0.632. The van der Waals surface area contributed by atoms with E-state index in [1.165, 1.54) is 28.7 Å². The zero-order valence-electron chi connectivity index (χ0n) is 15.8. The van der Waals surface area contributed by atoms with E-state index in [2.05, 4.69) is 27.2 Å². The smallest absolute Gasteiger partial charge is 0.227 e. The number of anilines is 1. The van der Waals surface area contributed by atoms with Gasteiger partial charge in [0, 0.05) is 24.5 Å². The van der Waals surface area contributed by atoms with Gasteiger partial charge in [0.1, 0.15) is 11.2 Å². The molecule has 1 fully saturated rings. The third kappa shape index (κ3) is 3.30. The highest BCUT2D eigenvalue weighted by Gasteiger charge is 2.24. The van der Waals surface area contributed by atoms with Gasteiger partial charge >= 0.3 is 0 Å². The van der Waals surface area contributed by atoms with Crippen molar-refractivity contribution in [3.63, 3.8) is 0 Å². The molecular weight excluding hydrogens is 360 g/mol. The fourth-order valence-electron chi connectivity index (χ4n) is 4.21. The van der Waals surface area contributed by atoms with E-state index in [1.807, 2.05) is 15.9 Å². The lowest BCUT2D eigenvalue weighted by atomic mass is 9.89. The van der Waals surface area contributed by atoms with E-state index in [4.69, 9.17) is 9.72 Å². The molecule has 2 aliphatic rings. The van der Waals surface area contributed by atoms with E-state index >= 15 is 0 Å². The van der Waals surface area contributed by atoms with Crippen LogP contribution >= 0.6 is 11.3 Å². The normalized spacial score (nSPS) is 21.0. The van der Waals surface area contributed by atoms with Crippen LogP contribution in [0.25, 0.3) is 15.9 Å². The Morgan fingerprint density at radius 1 is 1.33 bits per heavy atom. The molecule has 3 aromatic rings. The van der Waals surface area contributed by atoms with Gasteiger partial charge in [-0.15, -0.1) is 11.3 Å². The summed E-state index contributed by atoms with van der Waals surface area (Å²) in [6.07, 6.45) is 6.29. The highest BCUT2D eigenvalue weighted by molar-refractivity contribution is 7.19. The van der Waals surface area contributed by atoms with E-state index in [0.29, 0.717) is 0 Å². The van der Waals surface area contributed by atoms with Crippen LogP contribution in [0.15, 0.2) is 6.33 Å². The first-order valence-electron chi connectivity index (χ1n) is 9.97. The molecule has 0 saturated carbocycles. The van der Waals surface area contributed by atoms with Gasteiger partial charge in [0.05, 0.1) is 18.6 Å². The molecule has 1 atom stereocenters. The molecule has 5 rings (SSSR count). The number of nitrogens with zero attached hydrogens (tertiary/aromatic N) is 5. The minimum atomic E-state index is 0.733. The summed E-state index contributed by atoms with van der Waals surface area (Å²) in [5, 5.41) is 9.16. The van der Waals surface area contributed by atoms with E-state index in [0.717, 1.165) is 74.6 Å². The summed E-state index contributed by atoms with van der Waals surface area (Å²) in [4.78, 5) is 14.5. The quantitative estimate of drug-likeness (QED) is 0.680. The first kappa shape index (κ1) is 17.3. The standard InChI is InChI=1S/C19H26N6OS/c1-13-3-4-15-14(11-13)16-17-21-12-22-25(17)19(23-18(16)27-15)20-5-2-6-24-7-9-26-10-8-24/h12-13H,2-11H2,1H3,(H,20,23)/t13-/m0/s1. The van der Waals surface area contributed by atoms with Gasteiger partial charge in [0.25, 0.3) is 0 Å². The van der Waals surface area contributed by atoms with Crippen LogP contribution in [0, 0.1) is 5.92 Å². The summed E-state index contributed by atoms with van der Waals surface area (Å²) in [7, 11) is 0. The highest BCUT2D eigenvalue weighted by Crippen LogP contribution is 2.39. The van der Waals surface area contributed by atoms with Gasteiger partial charge < -0.3 is 10.1 Å². The van der Waals surface area contributed by atoms with Crippen molar-refractivity contribution in [3.8, 4) is 0 Å². The van der Waals surface area contributed by atoms with Crippen LogP contribution in [0.3, 0.4) is 0 Å². The molecule has 0 aromatic carbocycles. The Labute approximate surface area is 162 Å². The summed E-state index contributed by atoms with van der Waals surface area (Å²) in [6.45, 7) is 8.09. The van der Waals surface area contributed by atoms with E-state index < -0.39 is 0 Å². The summed E-state index contributed by atoms with van der Waals surface area (Å²) < 4.78 is 7.29. The van der Waals surface area contributed by atoms with Crippen LogP contribution in [-0.2, 0) is 17.6 Å². The third-order valence-electron chi connectivity index (χ3n) is 5.71. The van der Waals surface area contributed by atoms with Gasteiger partial charge in [0.15, 0.2) is 5.65 Å². The fourth-order valence-corrected chi connectivity index (χ4v) is 5.42. The van der Waals surface area contributed by atoms with Crippen molar-refractivity contribution in [1.29, 1.82) is 0 Å². The average Bonchev–Trinajstić information content (AvgIpc) is 3.30. The molecule has 3 aromatic heterocycles. The van der Waals surface area contributed by atoms with Crippen LogP contribution < -0.4 is 5.32 Å². The van der Waals surface area contributed by atoms with Crippen LogP contribution in [0.4, 0.5) is 5.95 Å². The maximum absolute atomic E-state index is 5.41. The Morgan fingerprint density at radius 2 is 2.22 bits per heavy atom. The molecule has 1 saturated heterocycles. The van der Waals surface area contributed by atoms with E-state index in [1.54, 1.807) is 6.33 Å². The maximum Gasteiger partial charge on any atom is 0.227 e. The zero-order valence-corrected chi connectivity index (χ0v) is 16.6. The number of nitrogens with one attached hydrogen (secondary N) is 1. The molecule has 1 aliphatic carbocycles. The molecule has 0 amide bonds. The van der Waals surface area contributed by atoms with Gasteiger partial charge in [-0.25, -0.2) is 9.97 Å². The first-order chi connectivity index (χ1) is 13.3. The SMILES string of the molecule is C[C@H]1CCc2sc3nc(NCCCN4CCOCC4)n4ncnc4c3c2C1. The second-order valence-corrected chi connectivity index (χ2v) is 8.78. The minimum absolute atomic E-state index is 0.733. The minimum Gasteiger partial charge on any atom is -0.379 e. The second kappa shape index (κ2) is 7.33. The monoisotopic (exact) mass is 386 g/mol. The summed E-state index contributed by atoms with van der Waals surface area (Å²) in [5.74, 6) is 1.54. The van der Waals surface area contributed by atoms with Gasteiger partial charge in [-0.2, -0.15) is 9.61 Å². The number of fused-ring (bicyclic) bond motifs is 5. The summed E-state index contributed by atoms with van der Waals surface area (Å²) in [6, 6.07) is 0.